The van der Waals surface area contributed by atoms with Crippen LogP contribution < -0.4 is 5.32 Å². The molecule has 2 nitrogen and oxygen atoms in total. The maximum atomic E-state index is 11.3. The summed E-state index contributed by atoms with van der Waals surface area (Å²) in [5.74, 6) is 2.34. The van der Waals surface area contributed by atoms with E-state index in [9.17, 15) is 4.79 Å². The number of benzene rings is 1. The van der Waals surface area contributed by atoms with Crippen LogP contribution in [-0.4, -0.2) is 12.5 Å². The minimum Gasteiger partial charge on any atom is -0.345 e. The quantitative estimate of drug-likeness (QED) is 0.710. The van der Waals surface area contributed by atoms with Crippen LogP contribution in [0.3, 0.4) is 0 Å². The van der Waals surface area contributed by atoms with Gasteiger partial charge in [-0.3, -0.25) is 4.79 Å². The summed E-state index contributed by atoms with van der Waals surface area (Å²) in [4.78, 5) is 11.3. The molecule has 72 valence electrons. The highest BCUT2D eigenvalue weighted by molar-refractivity contribution is 5.79. The van der Waals surface area contributed by atoms with E-state index >= 15 is 0 Å². The lowest BCUT2D eigenvalue weighted by Crippen LogP contribution is -2.25. The molecule has 1 rings (SSSR count). The molecular weight excluding hydrogens is 174 g/mol. The number of carbonyl (C=O) groups is 1. The van der Waals surface area contributed by atoms with Crippen LogP contribution in [0.25, 0.3) is 0 Å². The summed E-state index contributed by atoms with van der Waals surface area (Å²) in [5.41, 5.74) is 2.17. The molecule has 0 spiro atoms. The van der Waals surface area contributed by atoms with Gasteiger partial charge in [-0.2, -0.15) is 0 Å². The van der Waals surface area contributed by atoms with Crippen molar-refractivity contribution in [3.05, 3.63) is 35.4 Å². The van der Waals surface area contributed by atoms with Gasteiger partial charge in [-0.1, -0.05) is 30.2 Å². The fourth-order valence-electron chi connectivity index (χ4n) is 1.19. The van der Waals surface area contributed by atoms with Gasteiger partial charge in [0.15, 0.2) is 0 Å². The molecule has 0 aliphatic rings. The Labute approximate surface area is 84.3 Å². The normalized spacial score (nSPS) is 9.14. The summed E-state index contributed by atoms with van der Waals surface area (Å²) in [6.07, 6.45) is 5.43. The molecule has 0 fully saturated rings. The second-order valence-corrected chi connectivity index (χ2v) is 3.08. The Kier molecular flexibility index (Phi) is 3.75. The first kappa shape index (κ1) is 10.3. The summed E-state index contributed by atoms with van der Waals surface area (Å²) in [6.45, 7) is 2.29. The van der Waals surface area contributed by atoms with Gasteiger partial charge in [0.25, 0.3) is 0 Å². The average Bonchev–Trinajstić information content (AvgIpc) is 2.18. The molecule has 1 amide bonds. The van der Waals surface area contributed by atoms with E-state index in [2.05, 4.69) is 11.2 Å². The zero-order chi connectivity index (χ0) is 10.4. The fourth-order valence-corrected chi connectivity index (χ4v) is 1.19. The number of aryl methyl sites for hydroxylation is 1. The number of terminal acetylenes is 1. The molecule has 0 radical (unpaired) electrons. The molecular formula is C12H13NO. The van der Waals surface area contributed by atoms with Crippen molar-refractivity contribution in [2.45, 2.75) is 13.3 Å². The molecule has 0 unspecified atom stereocenters. The molecule has 1 aromatic carbocycles. The van der Waals surface area contributed by atoms with Gasteiger partial charge in [0.1, 0.15) is 0 Å². The van der Waals surface area contributed by atoms with Crippen molar-refractivity contribution in [2.75, 3.05) is 6.54 Å². The summed E-state index contributed by atoms with van der Waals surface area (Å²) in [7, 11) is 0. The highest BCUT2D eigenvalue weighted by Crippen LogP contribution is 2.07. The van der Waals surface area contributed by atoms with Crippen molar-refractivity contribution in [2.24, 2.45) is 0 Å². The van der Waals surface area contributed by atoms with E-state index in [1.54, 1.807) is 0 Å². The molecule has 0 saturated heterocycles. The van der Waals surface area contributed by atoms with E-state index < -0.39 is 0 Å². The van der Waals surface area contributed by atoms with Crippen LogP contribution in [0.1, 0.15) is 11.1 Å². The second kappa shape index (κ2) is 5.08. The number of nitrogens with one attached hydrogen (secondary N) is 1. The Hall–Kier alpha value is -1.75. The minimum atomic E-state index is -0.0303. The Balaban J connectivity index is 2.57. The lowest BCUT2D eigenvalue weighted by Gasteiger charge is -2.04. The number of hydrogen-bond donors (Lipinski definition) is 1. The molecule has 1 aromatic rings. The molecule has 14 heavy (non-hydrogen) atoms. The maximum Gasteiger partial charge on any atom is 0.225 e. The first-order valence-corrected chi connectivity index (χ1v) is 4.48. The number of carbonyl (C=O) groups excluding carboxylic acids is 1. The van der Waals surface area contributed by atoms with Gasteiger partial charge in [0.05, 0.1) is 13.0 Å². The third-order valence-corrected chi connectivity index (χ3v) is 2.00. The van der Waals surface area contributed by atoms with Crippen LogP contribution in [-0.2, 0) is 11.2 Å². The van der Waals surface area contributed by atoms with Crippen molar-refractivity contribution in [3.63, 3.8) is 0 Å². The molecule has 2 heteroatoms. The van der Waals surface area contributed by atoms with E-state index in [1.807, 2.05) is 31.2 Å². The van der Waals surface area contributed by atoms with Gasteiger partial charge in [-0.25, -0.2) is 0 Å². The molecule has 0 saturated carbocycles. The van der Waals surface area contributed by atoms with Crippen LogP contribution in [0.5, 0.6) is 0 Å². The van der Waals surface area contributed by atoms with Crippen LogP contribution >= 0.6 is 0 Å². The van der Waals surface area contributed by atoms with Gasteiger partial charge in [0, 0.05) is 0 Å². The van der Waals surface area contributed by atoms with Gasteiger partial charge < -0.3 is 5.32 Å². The predicted octanol–water partition coefficient (Wildman–Crippen LogP) is 1.29. The van der Waals surface area contributed by atoms with Crippen molar-refractivity contribution in [3.8, 4) is 12.3 Å². The van der Waals surface area contributed by atoms with E-state index in [1.165, 1.54) is 0 Å². The summed E-state index contributed by atoms with van der Waals surface area (Å²) in [6, 6.07) is 7.82. The van der Waals surface area contributed by atoms with Crippen LogP contribution in [0.15, 0.2) is 24.3 Å². The van der Waals surface area contributed by atoms with Crippen LogP contribution in [0.4, 0.5) is 0 Å². The van der Waals surface area contributed by atoms with Crippen molar-refractivity contribution in [1.82, 2.24) is 5.32 Å². The number of rotatable bonds is 3. The van der Waals surface area contributed by atoms with Crippen molar-refractivity contribution < 1.29 is 4.79 Å². The summed E-state index contributed by atoms with van der Waals surface area (Å²) in [5, 5.41) is 2.63. The molecule has 1 N–H and O–H groups in total. The molecule has 0 aromatic heterocycles. The zero-order valence-corrected chi connectivity index (χ0v) is 8.21. The van der Waals surface area contributed by atoms with E-state index in [4.69, 9.17) is 6.42 Å². The predicted molar refractivity (Wildman–Crippen MR) is 56.7 cm³/mol. The monoisotopic (exact) mass is 187 g/mol. The van der Waals surface area contributed by atoms with Crippen molar-refractivity contribution >= 4 is 5.91 Å². The van der Waals surface area contributed by atoms with E-state index in [-0.39, 0.29) is 5.91 Å². The molecule has 0 aliphatic heterocycles. The highest BCUT2D eigenvalue weighted by atomic mass is 16.1. The topological polar surface area (TPSA) is 29.1 Å². The van der Waals surface area contributed by atoms with E-state index in [0.717, 1.165) is 11.1 Å². The third-order valence-electron chi connectivity index (χ3n) is 2.00. The first-order valence-electron chi connectivity index (χ1n) is 4.48. The second-order valence-electron chi connectivity index (χ2n) is 3.08. The Morgan fingerprint density at radius 1 is 1.50 bits per heavy atom. The summed E-state index contributed by atoms with van der Waals surface area (Å²) >= 11 is 0. The largest absolute Gasteiger partial charge is 0.345 e. The average molecular weight is 187 g/mol. The molecule has 0 bridgehead atoms. The van der Waals surface area contributed by atoms with Gasteiger partial charge in [-0.15, -0.1) is 6.42 Å². The highest BCUT2D eigenvalue weighted by Gasteiger charge is 2.03. The summed E-state index contributed by atoms with van der Waals surface area (Å²) < 4.78 is 0. The Morgan fingerprint density at radius 3 is 2.86 bits per heavy atom. The van der Waals surface area contributed by atoms with Crippen LogP contribution in [0, 0.1) is 19.3 Å². The maximum absolute atomic E-state index is 11.3. The standard InChI is InChI=1S/C12H13NO/c1-3-8-13-12(14)9-11-7-5-4-6-10(11)2/h1,4-7H,8-9H2,2H3,(H,13,14). The number of hydrogen-bond acceptors (Lipinski definition) is 1. The minimum absolute atomic E-state index is 0.0303. The third kappa shape index (κ3) is 2.95. The van der Waals surface area contributed by atoms with Gasteiger partial charge in [0.2, 0.25) is 5.91 Å². The Morgan fingerprint density at radius 2 is 2.21 bits per heavy atom. The fraction of sp³-hybridized carbons (Fsp3) is 0.250. The number of amides is 1. The smallest absolute Gasteiger partial charge is 0.225 e. The molecule has 0 atom stereocenters. The lowest BCUT2D eigenvalue weighted by atomic mass is 10.1. The zero-order valence-electron chi connectivity index (χ0n) is 8.21. The van der Waals surface area contributed by atoms with Gasteiger partial charge in [-0.05, 0) is 18.1 Å². The molecule has 0 heterocycles. The SMILES string of the molecule is C#CCNC(=O)Cc1ccccc1C. The molecule has 0 aliphatic carbocycles. The first-order chi connectivity index (χ1) is 6.74. The Bertz CT molecular complexity index is 363. The van der Waals surface area contributed by atoms with Crippen LogP contribution in [0.2, 0.25) is 0 Å². The van der Waals surface area contributed by atoms with Crippen molar-refractivity contribution in [1.29, 1.82) is 0 Å². The van der Waals surface area contributed by atoms with Gasteiger partial charge >= 0.3 is 0 Å². The lowest BCUT2D eigenvalue weighted by molar-refractivity contribution is -0.120. The van der Waals surface area contributed by atoms with E-state index in [0.29, 0.717) is 13.0 Å².